The Bertz CT molecular complexity index is 1080. The van der Waals surface area contributed by atoms with Gasteiger partial charge < -0.3 is 15.0 Å². The third-order valence-corrected chi connectivity index (χ3v) is 5.72. The van der Waals surface area contributed by atoms with Crippen molar-refractivity contribution in [2.45, 2.75) is 13.0 Å². The molecule has 6 nitrogen and oxygen atoms in total. The number of para-hydroxylation sites is 2. The molecule has 152 valence electrons. The number of hydrogen-bond acceptors (Lipinski definition) is 5. The molecule has 3 aromatic rings. The Morgan fingerprint density at radius 2 is 1.93 bits per heavy atom. The molecule has 0 fully saturated rings. The van der Waals surface area contributed by atoms with Crippen LogP contribution in [0.5, 0.6) is 5.75 Å². The lowest BCUT2D eigenvalue weighted by molar-refractivity contribution is -0.123. The van der Waals surface area contributed by atoms with Gasteiger partial charge in [0, 0.05) is 11.4 Å². The topological polar surface area (TPSA) is 71.0 Å². The zero-order valence-electron chi connectivity index (χ0n) is 16.5. The maximum absolute atomic E-state index is 13.0. The van der Waals surface area contributed by atoms with E-state index in [4.69, 9.17) is 9.73 Å². The molecule has 2 aromatic carbocycles. The minimum Gasteiger partial charge on any atom is -0.497 e. The predicted octanol–water partition coefficient (Wildman–Crippen LogP) is 3.93. The molecule has 1 aliphatic heterocycles. The van der Waals surface area contributed by atoms with Gasteiger partial charge in [0.2, 0.25) is 11.8 Å². The summed E-state index contributed by atoms with van der Waals surface area (Å²) in [5.74, 6) is 0.388. The Kier molecular flexibility index (Phi) is 5.90. The van der Waals surface area contributed by atoms with Crippen LogP contribution in [0.3, 0.4) is 0 Å². The van der Waals surface area contributed by atoms with Crippen LogP contribution in [0, 0.1) is 0 Å². The van der Waals surface area contributed by atoms with E-state index in [2.05, 4.69) is 5.32 Å². The van der Waals surface area contributed by atoms with Crippen LogP contribution >= 0.6 is 11.3 Å². The van der Waals surface area contributed by atoms with Crippen molar-refractivity contribution in [1.82, 2.24) is 5.32 Å². The molecule has 0 bridgehead atoms. The average Bonchev–Trinajstić information content (AvgIpc) is 3.27. The normalized spacial score (nSPS) is 13.3. The van der Waals surface area contributed by atoms with E-state index in [1.54, 1.807) is 18.4 Å². The van der Waals surface area contributed by atoms with Crippen molar-refractivity contribution in [3.05, 3.63) is 76.5 Å². The molecule has 0 spiro atoms. The van der Waals surface area contributed by atoms with Crippen LogP contribution in [0.1, 0.15) is 16.9 Å². The fraction of sp³-hybridized carbons (Fsp3) is 0.174. The maximum Gasteiger partial charge on any atom is 0.240 e. The van der Waals surface area contributed by atoms with Crippen molar-refractivity contribution < 1.29 is 14.3 Å². The Labute approximate surface area is 178 Å². The maximum atomic E-state index is 13.0. The van der Waals surface area contributed by atoms with E-state index in [0.717, 1.165) is 21.9 Å². The summed E-state index contributed by atoms with van der Waals surface area (Å²) in [5.41, 5.74) is 3.02. The Hall–Kier alpha value is -3.45. The fourth-order valence-electron chi connectivity index (χ4n) is 3.25. The molecule has 2 amide bonds. The quantitative estimate of drug-likeness (QED) is 0.658. The highest BCUT2D eigenvalue weighted by Crippen LogP contribution is 2.33. The van der Waals surface area contributed by atoms with Crippen LogP contribution < -0.4 is 15.0 Å². The van der Waals surface area contributed by atoms with E-state index in [0.29, 0.717) is 17.9 Å². The number of amides is 2. The van der Waals surface area contributed by atoms with E-state index in [-0.39, 0.29) is 24.8 Å². The SMILES string of the molecule is COc1ccc(CNC(=O)CN2C(=O)CC(c3cccs3)=Nc3ccccc32)cc1. The van der Waals surface area contributed by atoms with Crippen molar-refractivity contribution in [2.75, 3.05) is 18.6 Å². The van der Waals surface area contributed by atoms with Crippen molar-refractivity contribution in [3.8, 4) is 5.75 Å². The first-order valence-corrected chi connectivity index (χ1v) is 10.4. The molecule has 0 atom stereocenters. The number of fused-ring (bicyclic) bond motifs is 1. The molecular formula is C23H21N3O3S. The van der Waals surface area contributed by atoms with Gasteiger partial charge in [0.1, 0.15) is 12.3 Å². The van der Waals surface area contributed by atoms with E-state index >= 15 is 0 Å². The average molecular weight is 420 g/mol. The molecule has 1 N–H and O–H groups in total. The monoisotopic (exact) mass is 419 g/mol. The van der Waals surface area contributed by atoms with Crippen molar-refractivity contribution >= 4 is 40.2 Å². The van der Waals surface area contributed by atoms with Gasteiger partial charge in [-0.25, -0.2) is 4.99 Å². The van der Waals surface area contributed by atoms with Gasteiger partial charge in [0.25, 0.3) is 0 Å². The molecule has 4 rings (SSSR count). The lowest BCUT2D eigenvalue weighted by Gasteiger charge is -2.22. The first-order valence-electron chi connectivity index (χ1n) is 9.54. The molecule has 0 saturated heterocycles. The zero-order valence-corrected chi connectivity index (χ0v) is 17.3. The van der Waals surface area contributed by atoms with Gasteiger partial charge in [-0.3, -0.25) is 9.59 Å². The summed E-state index contributed by atoms with van der Waals surface area (Å²) in [6.07, 6.45) is 0.154. The van der Waals surface area contributed by atoms with E-state index < -0.39 is 0 Å². The Morgan fingerprint density at radius 1 is 1.13 bits per heavy atom. The standard InChI is InChI=1S/C23H21N3O3S/c1-29-17-10-8-16(9-11-17)14-24-22(27)15-26-20-6-3-2-5-18(20)25-19(13-23(26)28)21-7-4-12-30-21/h2-12H,13-15H2,1H3,(H,24,27). The van der Waals surface area contributed by atoms with Crippen LogP contribution in [0.25, 0.3) is 0 Å². The first kappa shape index (κ1) is 19.8. The minimum atomic E-state index is -0.228. The number of aliphatic imine (C=N–C) groups is 1. The van der Waals surface area contributed by atoms with Crippen molar-refractivity contribution in [1.29, 1.82) is 0 Å². The molecule has 0 unspecified atom stereocenters. The van der Waals surface area contributed by atoms with Crippen LogP contribution in [-0.2, 0) is 16.1 Å². The number of rotatable bonds is 6. The van der Waals surface area contributed by atoms with Gasteiger partial charge in [-0.05, 0) is 41.3 Å². The number of methoxy groups -OCH3 is 1. The molecular weight excluding hydrogens is 398 g/mol. The van der Waals surface area contributed by atoms with Gasteiger partial charge in [0.05, 0.1) is 30.6 Å². The van der Waals surface area contributed by atoms with Crippen LogP contribution in [0.2, 0.25) is 0 Å². The van der Waals surface area contributed by atoms with Crippen LogP contribution in [-0.4, -0.2) is 31.2 Å². The van der Waals surface area contributed by atoms with Gasteiger partial charge in [-0.15, -0.1) is 11.3 Å². The van der Waals surface area contributed by atoms with Gasteiger partial charge >= 0.3 is 0 Å². The predicted molar refractivity (Wildman–Crippen MR) is 119 cm³/mol. The fourth-order valence-corrected chi connectivity index (χ4v) is 3.96. The van der Waals surface area contributed by atoms with E-state index in [1.807, 2.05) is 66.0 Å². The minimum absolute atomic E-state index is 0.0563. The number of hydrogen-bond donors (Lipinski definition) is 1. The van der Waals surface area contributed by atoms with E-state index in [9.17, 15) is 9.59 Å². The molecule has 1 aromatic heterocycles. The summed E-state index contributed by atoms with van der Waals surface area (Å²) in [6.45, 7) is 0.322. The molecule has 2 heterocycles. The highest BCUT2D eigenvalue weighted by atomic mass is 32.1. The summed E-state index contributed by atoms with van der Waals surface area (Å²) in [7, 11) is 1.61. The number of benzene rings is 2. The largest absolute Gasteiger partial charge is 0.497 e. The second kappa shape index (κ2) is 8.92. The second-order valence-electron chi connectivity index (χ2n) is 6.81. The molecule has 0 radical (unpaired) electrons. The van der Waals surface area contributed by atoms with Crippen molar-refractivity contribution in [2.24, 2.45) is 4.99 Å². The Morgan fingerprint density at radius 3 is 2.67 bits per heavy atom. The molecule has 30 heavy (non-hydrogen) atoms. The molecule has 1 aliphatic rings. The van der Waals surface area contributed by atoms with Crippen molar-refractivity contribution in [3.63, 3.8) is 0 Å². The summed E-state index contributed by atoms with van der Waals surface area (Å²) in [6, 6.07) is 18.8. The molecule has 7 heteroatoms. The smallest absolute Gasteiger partial charge is 0.240 e. The van der Waals surface area contributed by atoms with Crippen LogP contribution in [0.4, 0.5) is 11.4 Å². The summed E-state index contributed by atoms with van der Waals surface area (Å²) >= 11 is 1.55. The number of nitrogens with zero attached hydrogens (tertiary/aromatic N) is 2. The van der Waals surface area contributed by atoms with Crippen LogP contribution in [0.15, 0.2) is 71.0 Å². The second-order valence-corrected chi connectivity index (χ2v) is 7.75. The lowest BCUT2D eigenvalue weighted by atomic mass is 10.2. The number of anilines is 1. The summed E-state index contributed by atoms with van der Waals surface area (Å²) < 4.78 is 5.15. The first-order chi connectivity index (χ1) is 14.6. The number of thiophene rings is 1. The highest BCUT2D eigenvalue weighted by Gasteiger charge is 2.26. The number of nitrogens with one attached hydrogen (secondary N) is 1. The third-order valence-electron chi connectivity index (χ3n) is 4.80. The highest BCUT2D eigenvalue weighted by molar-refractivity contribution is 7.12. The Balaban J connectivity index is 1.48. The van der Waals surface area contributed by atoms with E-state index in [1.165, 1.54) is 4.90 Å². The van der Waals surface area contributed by atoms with Gasteiger partial charge in [0.15, 0.2) is 0 Å². The zero-order chi connectivity index (χ0) is 20.9. The summed E-state index contributed by atoms with van der Waals surface area (Å²) in [4.78, 5) is 32.8. The van der Waals surface area contributed by atoms with Gasteiger partial charge in [-0.2, -0.15) is 0 Å². The summed E-state index contributed by atoms with van der Waals surface area (Å²) in [5, 5.41) is 4.85. The number of carbonyl (C=O) groups is 2. The number of ether oxygens (including phenoxy) is 1. The molecule has 0 aliphatic carbocycles. The number of carbonyl (C=O) groups excluding carboxylic acids is 2. The lowest BCUT2D eigenvalue weighted by Crippen LogP contribution is -2.40. The van der Waals surface area contributed by atoms with Gasteiger partial charge in [-0.1, -0.05) is 30.3 Å². The third kappa shape index (κ3) is 4.41. The molecule has 0 saturated carbocycles.